The fourth-order valence-electron chi connectivity index (χ4n) is 2.18. The molecule has 1 aliphatic heterocycles. The van der Waals surface area contributed by atoms with Gasteiger partial charge in [-0.2, -0.15) is 0 Å². The molecule has 3 N–H and O–H groups in total. The third-order valence-corrected chi connectivity index (χ3v) is 5.22. The Morgan fingerprint density at radius 1 is 1.42 bits per heavy atom. The van der Waals surface area contributed by atoms with Gasteiger partial charge in [0.1, 0.15) is 0 Å². The van der Waals surface area contributed by atoms with Gasteiger partial charge in [0, 0.05) is 11.7 Å². The van der Waals surface area contributed by atoms with Gasteiger partial charge in [-0.15, -0.1) is 0 Å². The van der Waals surface area contributed by atoms with Crippen molar-refractivity contribution in [2.75, 3.05) is 16.8 Å². The lowest BCUT2D eigenvalue weighted by molar-refractivity contribution is 0.100. The number of carbonyl (C=O) groups excluding carboxylic acids is 1. The van der Waals surface area contributed by atoms with Gasteiger partial charge in [-0.1, -0.05) is 11.6 Å². The Balaban J connectivity index is 2.15. The normalized spacial score (nSPS) is 21.8. The summed E-state index contributed by atoms with van der Waals surface area (Å²) < 4.78 is 23.1. The lowest BCUT2D eigenvalue weighted by Crippen LogP contribution is -2.34. The number of anilines is 1. The maximum absolute atomic E-state index is 11.5. The van der Waals surface area contributed by atoms with Gasteiger partial charge in [-0.05, 0) is 31.0 Å². The van der Waals surface area contributed by atoms with Crippen LogP contribution in [0.2, 0.25) is 5.02 Å². The van der Waals surface area contributed by atoms with Crippen LogP contribution in [-0.2, 0) is 9.84 Å². The molecule has 19 heavy (non-hydrogen) atoms. The molecule has 1 amide bonds. The molecular formula is C12H15ClN2O3S. The van der Waals surface area contributed by atoms with Crippen LogP contribution < -0.4 is 11.1 Å². The predicted octanol–water partition coefficient (Wildman–Crippen LogP) is 1.43. The molecule has 1 unspecified atom stereocenters. The molecule has 7 heteroatoms. The van der Waals surface area contributed by atoms with E-state index in [1.807, 2.05) is 0 Å². The Morgan fingerprint density at radius 3 is 2.79 bits per heavy atom. The van der Waals surface area contributed by atoms with Crippen molar-refractivity contribution in [2.24, 2.45) is 5.73 Å². The minimum absolute atomic E-state index is 0.113. The number of primary amides is 1. The van der Waals surface area contributed by atoms with Crippen LogP contribution in [0.5, 0.6) is 0 Å². The van der Waals surface area contributed by atoms with Crippen LogP contribution in [0.25, 0.3) is 0 Å². The molecule has 0 saturated carbocycles. The third kappa shape index (κ3) is 3.61. The minimum Gasteiger partial charge on any atom is -0.381 e. The Morgan fingerprint density at radius 2 is 2.16 bits per heavy atom. The Labute approximate surface area is 117 Å². The number of halogens is 1. The summed E-state index contributed by atoms with van der Waals surface area (Å²) in [5.41, 5.74) is 6.09. The first kappa shape index (κ1) is 14.1. The maximum Gasteiger partial charge on any atom is 0.250 e. The van der Waals surface area contributed by atoms with Crippen LogP contribution in [0, 0.1) is 0 Å². The maximum atomic E-state index is 11.5. The van der Waals surface area contributed by atoms with Crippen molar-refractivity contribution in [1.82, 2.24) is 0 Å². The third-order valence-electron chi connectivity index (χ3n) is 3.07. The number of sulfone groups is 1. The molecule has 0 radical (unpaired) electrons. The second-order valence-electron chi connectivity index (χ2n) is 4.66. The van der Waals surface area contributed by atoms with E-state index in [4.69, 9.17) is 17.3 Å². The summed E-state index contributed by atoms with van der Waals surface area (Å²) in [6.07, 6.45) is 1.43. The Kier molecular flexibility index (Phi) is 4.01. The molecule has 2 rings (SSSR count). The summed E-state index contributed by atoms with van der Waals surface area (Å²) in [4.78, 5) is 11.2. The molecule has 0 bridgehead atoms. The molecule has 1 aromatic rings. The Bertz CT molecular complexity index is 601. The van der Waals surface area contributed by atoms with Crippen molar-refractivity contribution in [3.63, 3.8) is 0 Å². The van der Waals surface area contributed by atoms with Crippen molar-refractivity contribution in [1.29, 1.82) is 0 Å². The lowest BCUT2D eigenvalue weighted by Gasteiger charge is -2.24. The van der Waals surface area contributed by atoms with E-state index in [0.717, 1.165) is 6.42 Å². The van der Waals surface area contributed by atoms with E-state index in [9.17, 15) is 13.2 Å². The topological polar surface area (TPSA) is 89.3 Å². The molecule has 5 nitrogen and oxygen atoms in total. The average molecular weight is 303 g/mol. The van der Waals surface area contributed by atoms with Crippen LogP contribution in [0.15, 0.2) is 18.2 Å². The van der Waals surface area contributed by atoms with Crippen molar-refractivity contribution in [2.45, 2.75) is 18.9 Å². The average Bonchev–Trinajstić information content (AvgIpc) is 2.30. The molecule has 0 spiro atoms. The Hall–Kier alpha value is -1.27. The van der Waals surface area contributed by atoms with Gasteiger partial charge in [-0.25, -0.2) is 8.42 Å². The monoisotopic (exact) mass is 302 g/mol. The minimum atomic E-state index is -2.97. The SMILES string of the molecule is NC(=O)c1cc(NC2CCCS(=O)(=O)C2)ccc1Cl. The highest BCUT2D eigenvalue weighted by molar-refractivity contribution is 7.91. The molecule has 104 valence electrons. The zero-order valence-corrected chi connectivity index (χ0v) is 11.8. The van der Waals surface area contributed by atoms with E-state index in [1.165, 1.54) is 0 Å². The van der Waals surface area contributed by atoms with Crippen molar-refractivity contribution >= 4 is 33.0 Å². The van der Waals surface area contributed by atoms with Crippen LogP contribution in [0.3, 0.4) is 0 Å². The highest BCUT2D eigenvalue weighted by atomic mass is 35.5. The molecule has 1 heterocycles. The van der Waals surface area contributed by atoms with Crippen molar-refractivity contribution < 1.29 is 13.2 Å². The molecular weight excluding hydrogens is 288 g/mol. The van der Waals surface area contributed by atoms with E-state index >= 15 is 0 Å². The smallest absolute Gasteiger partial charge is 0.250 e. The molecule has 1 aromatic carbocycles. The number of carbonyl (C=O) groups is 1. The van der Waals surface area contributed by atoms with E-state index < -0.39 is 15.7 Å². The van der Waals surface area contributed by atoms with E-state index in [1.54, 1.807) is 18.2 Å². The zero-order chi connectivity index (χ0) is 14.0. The summed E-state index contributed by atoms with van der Waals surface area (Å²) in [6.45, 7) is 0. The van der Waals surface area contributed by atoms with Gasteiger partial charge >= 0.3 is 0 Å². The standard InChI is InChI=1S/C12H15ClN2O3S/c13-11-4-3-8(6-10(11)12(14)16)15-9-2-1-5-19(17,18)7-9/h3-4,6,9,15H,1-2,5,7H2,(H2,14,16). The van der Waals surface area contributed by atoms with Gasteiger partial charge in [0.05, 0.1) is 22.1 Å². The number of hydrogen-bond acceptors (Lipinski definition) is 4. The number of nitrogens with two attached hydrogens (primary N) is 1. The molecule has 1 atom stereocenters. The number of hydrogen-bond donors (Lipinski definition) is 2. The number of rotatable bonds is 3. The molecule has 1 saturated heterocycles. The molecule has 1 aliphatic rings. The van der Waals surface area contributed by atoms with Crippen LogP contribution in [0.4, 0.5) is 5.69 Å². The lowest BCUT2D eigenvalue weighted by atomic mass is 10.1. The second-order valence-corrected chi connectivity index (χ2v) is 7.29. The van der Waals surface area contributed by atoms with Gasteiger partial charge < -0.3 is 11.1 Å². The summed E-state index contributed by atoms with van der Waals surface area (Å²) in [6, 6.07) is 4.68. The van der Waals surface area contributed by atoms with E-state index in [0.29, 0.717) is 12.1 Å². The van der Waals surface area contributed by atoms with Gasteiger partial charge in [0.25, 0.3) is 0 Å². The highest BCUT2D eigenvalue weighted by Gasteiger charge is 2.24. The molecule has 0 aromatic heterocycles. The van der Waals surface area contributed by atoms with E-state index in [2.05, 4.69) is 5.32 Å². The predicted molar refractivity (Wildman–Crippen MR) is 75.3 cm³/mol. The number of benzene rings is 1. The van der Waals surface area contributed by atoms with E-state index in [-0.39, 0.29) is 28.1 Å². The van der Waals surface area contributed by atoms with Crippen LogP contribution in [-0.4, -0.2) is 31.9 Å². The summed E-state index contributed by atoms with van der Waals surface area (Å²) in [7, 11) is -2.97. The number of amides is 1. The fourth-order valence-corrected chi connectivity index (χ4v) is 4.02. The number of nitrogens with one attached hydrogen (secondary N) is 1. The summed E-state index contributed by atoms with van der Waals surface area (Å²) >= 11 is 5.85. The summed E-state index contributed by atoms with van der Waals surface area (Å²) in [5.74, 6) is -0.246. The second kappa shape index (κ2) is 5.38. The first-order valence-electron chi connectivity index (χ1n) is 5.94. The van der Waals surface area contributed by atoms with Gasteiger partial charge in [0.15, 0.2) is 9.84 Å². The first-order valence-corrected chi connectivity index (χ1v) is 8.14. The zero-order valence-electron chi connectivity index (χ0n) is 10.2. The van der Waals surface area contributed by atoms with Crippen molar-refractivity contribution in [3.05, 3.63) is 28.8 Å². The van der Waals surface area contributed by atoms with Crippen LogP contribution >= 0.6 is 11.6 Å². The quantitative estimate of drug-likeness (QED) is 0.884. The van der Waals surface area contributed by atoms with Gasteiger partial charge in [0.2, 0.25) is 5.91 Å². The van der Waals surface area contributed by atoms with Crippen molar-refractivity contribution in [3.8, 4) is 0 Å². The fraction of sp³-hybridized carbons (Fsp3) is 0.417. The van der Waals surface area contributed by atoms with Crippen LogP contribution in [0.1, 0.15) is 23.2 Å². The largest absolute Gasteiger partial charge is 0.381 e. The molecule has 0 aliphatic carbocycles. The van der Waals surface area contributed by atoms with Gasteiger partial charge in [-0.3, -0.25) is 4.79 Å². The highest BCUT2D eigenvalue weighted by Crippen LogP contribution is 2.22. The molecule has 1 fully saturated rings. The summed E-state index contributed by atoms with van der Waals surface area (Å²) in [5, 5.41) is 3.40. The first-order chi connectivity index (χ1) is 8.87.